The van der Waals surface area contributed by atoms with Crippen molar-refractivity contribution in [2.24, 2.45) is 0 Å². The van der Waals surface area contributed by atoms with Gasteiger partial charge in [0.2, 0.25) is 0 Å². The van der Waals surface area contributed by atoms with E-state index in [2.05, 4.69) is 16.9 Å². The first kappa shape index (κ1) is 17.4. The maximum atomic E-state index is 13.6. The topological polar surface area (TPSA) is 28.7 Å². The van der Waals surface area contributed by atoms with Crippen molar-refractivity contribution in [3.05, 3.63) is 59.2 Å². The molecule has 4 rings (SSSR count). The van der Waals surface area contributed by atoms with Gasteiger partial charge in [-0.1, -0.05) is 13.0 Å². The normalized spacial score (nSPS) is 16.2. The van der Waals surface area contributed by atoms with Crippen molar-refractivity contribution in [1.82, 2.24) is 9.97 Å². The van der Waals surface area contributed by atoms with Crippen LogP contribution in [0, 0.1) is 5.82 Å². The molecule has 1 fully saturated rings. The number of fused-ring (bicyclic) bond motifs is 1. The van der Waals surface area contributed by atoms with Crippen LogP contribution in [0.2, 0.25) is 0 Å². The number of thioether (sulfide) groups is 1. The first-order valence-corrected chi connectivity index (χ1v) is 9.32. The van der Waals surface area contributed by atoms with Crippen LogP contribution in [0.25, 0.3) is 11.0 Å². The summed E-state index contributed by atoms with van der Waals surface area (Å²) in [7, 11) is 0. The molecule has 1 saturated carbocycles. The summed E-state index contributed by atoms with van der Waals surface area (Å²) in [6.07, 6.45) is -3.34. The number of aromatic amines is 1. The van der Waals surface area contributed by atoms with Crippen LogP contribution in [-0.2, 0) is 11.6 Å². The lowest BCUT2D eigenvalue weighted by atomic mass is 9.93. The first-order chi connectivity index (χ1) is 12.3. The molecular formula is C19H16F4N2S. The van der Waals surface area contributed by atoms with E-state index in [1.165, 1.54) is 6.07 Å². The second-order valence-electron chi connectivity index (χ2n) is 6.47. The molecule has 26 heavy (non-hydrogen) atoms. The Morgan fingerprint density at radius 3 is 2.58 bits per heavy atom. The second kappa shape index (κ2) is 6.01. The fraction of sp³-hybridized carbons (Fsp3) is 0.316. The molecule has 0 atom stereocenters. The summed E-state index contributed by atoms with van der Waals surface area (Å²) in [6.45, 7) is 2.07. The molecule has 136 valence electrons. The van der Waals surface area contributed by atoms with Crippen molar-refractivity contribution < 1.29 is 17.6 Å². The fourth-order valence-corrected chi connectivity index (χ4v) is 4.00. The molecule has 0 unspecified atom stereocenters. The zero-order valence-electron chi connectivity index (χ0n) is 14.0. The zero-order chi connectivity index (χ0) is 18.5. The van der Waals surface area contributed by atoms with Gasteiger partial charge in [-0.25, -0.2) is 9.37 Å². The van der Waals surface area contributed by atoms with E-state index >= 15 is 0 Å². The smallest absolute Gasteiger partial charge is 0.341 e. The largest absolute Gasteiger partial charge is 0.419 e. The minimum atomic E-state index is -4.71. The molecule has 2 nitrogen and oxygen atoms in total. The van der Waals surface area contributed by atoms with Crippen molar-refractivity contribution in [3.8, 4) is 0 Å². The summed E-state index contributed by atoms with van der Waals surface area (Å²) in [6, 6.07) is 9.16. The van der Waals surface area contributed by atoms with Crippen molar-refractivity contribution >= 4 is 22.8 Å². The Hall–Kier alpha value is -2.02. The Kier molecular flexibility index (Phi) is 4.02. The van der Waals surface area contributed by atoms with Gasteiger partial charge in [-0.05, 0) is 54.5 Å². The summed E-state index contributed by atoms with van der Waals surface area (Å²) in [4.78, 5) is 8.98. The molecule has 1 heterocycles. The average molecular weight is 380 g/mol. The van der Waals surface area contributed by atoms with E-state index in [0.717, 1.165) is 33.8 Å². The lowest BCUT2D eigenvalue weighted by Crippen LogP contribution is -2.15. The van der Waals surface area contributed by atoms with Gasteiger partial charge in [0.15, 0.2) is 0 Å². The number of nitrogens with zero attached hydrogens (tertiary/aromatic N) is 1. The van der Waals surface area contributed by atoms with Gasteiger partial charge < -0.3 is 4.98 Å². The zero-order valence-corrected chi connectivity index (χ0v) is 14.8. The first-order valence-electron chi connectivity index (χ1n) is 8.34. The van der Waals surface area contributed by atoms with Crippen LogP contribution in [0.4, 0.5) is 17.6 Å². The molecule has 2 aromatic carbocycles. The Morgan fingerprint density at radius 1 is 1.15 bits per heavy atom. The van der Waals surface area contributed by atoms with Gasteiger partial charge in [-0.3, -0.25) is 0 Å². The second-order valence-corrected chi connectivity index (χ2v) is 7.81. The molecule has 0 saturated heterocycles. The number of alkyl halides is 3. The number of hydrogen-bond acceptors (Lipinski definition) is 2. The number of benzene rings is 2. The van der Waals surface area contributed by atoms with Crippen LogP contribution >= 0.6 is 11.8 Å². The molecule has 7 heteroatoms. The summed E-state index contributed by atoms with van der Waals surface area (Å²) in [5.74, 6) is 0.348. The van der Waals surface area contributed by atoms with Crippen LogP contribution in [0.15, 0.2) is 41.3 Å². The van der Waals surface area contributed by atoms with E-state index in [1.807, 2.05) is 18.2 Å². The van der Waals surface area contributed by atoms with Crippen LogP contribution in [0.3, 0.4) is 0 Å². The van der Waals surface area contributed by atoms with E-state index in [-0.39, 0.29) is 0 Å². The third-order valence-corrected chi connectivity index (χ3v) is 5.67. The predicted octanol–water partition coefficient (Wildman–Crippen LogP) is 5.91. The standard InChI is InChI=1S/C19H16F4N2S/c1-2-26-12-4-6-15-16(10-12)25-17(24-15)18(7-8-18)11-3-5-14(20)13(9-11)19(21,22)23/h3-6,9-10H,2,7-8H2,1H3,(H,24,25). The summed E-state index contributed by atoms with van der Waals surface area (Å²) >= 11 is 1.71. The minimum absolute atomic E-state index is 0.452. The minimum Gasteiger partial charge on any atom is -0.341 e. The highest BCUT2D eigenvalue weighted by molar-refractivity contribution is 7.99. The molecule has 0 aliphatic heterocycles. The highest BCUT2D eigenvalue weighted by atomic mass is 32.2. The molecule has 1 aromatic heterocycles. The van der Waals surface area contributed by atoms with Gasteiger partial charge in [0.25, 0.3) is 0 Å². The Bertz CT molecular complexity index is 973. The number of aromatic nitrogens is 2. The molecule has 0 spiro atoms. The quantitative estimate of drug-likeness (QED) is 0.450. The van der Waals surface area contributed by atoms with E-state index in [0.29, 0.717) is 24.2 Å². The van der Waals surface area contributed by atoms with Gasteiger partial charge in [-0.2, -0.15) is 13.2 Å². The third-order valence-electron chi connectivity index (χ3n) is 4.79. The number of H-pyrrole nitrogens is 1. The van der Waals surface area contributed by atoms with Crippen LogP contribution < -0.4 is 0 Å². The maximum absolute atomic E-state index is 13.6. The fourth-order valence-electron chi connectivity index (χ4n) is 3.30. The average Bonchev–Trinajstić information content (AvgIpc) is 3.28. The number of nitrogens with one attached hydrogen (secondary N) is 1. The molecular weight excluding hydrogens is 364 g/mol. The Labute approximate surface area is 152 Å². The summed E-state index contributed by atoms with van der Waals surface area (Å²) in [5, 5.41) is 0. The molecule has 1 aliphatic rings. The molecule has 1 aliphatic carbocycles. The lowest BCUT2D eigenvalue weighted by Gasteiger charge is -2.16. The number of halogens is 4. The van der Waals surface area contributed by atoms with E-state index in [1.54, 1.807) is 11.8 Å². The third kappa shape index (κ3) is 2.88. The number of rotatable bonds is 4. The van der Waals surface area contributed by atoms with Gasteiger partial charge in [-0.15, -0.1) is 11.8 Å². The Balaban J connectivity index is 1.77. The van der Waals surface area contributed by atoms with Crippen molar-refractivity contribution in [2.75, 3.05) is 5.75 Å². The van der Waals surface area contributed by atoms with Crippen molar-refractivity contribution in [1.29, 1.82) is 0 Å². The lowest BCUT2D eigenvalue weighted by molar-refractivity contribution is -0.140. The van der Waals surface area contributed by atoms with Crippen molar-refractivity contribution in [2.45, 2.75) is 36.3 Å². The van der Waals surface area contributed by atoms with Crippen LogP contribution in [0.1, 0.15) is 36.7 Å². The maximum Gasteiger partial charge on any atom is 0.419 e. The van der Waals surface area contributed by atoms with E-state index in [4.69, 9.17) is 0 Å². The molecule has 0 radical (unpaired) electrons. The van der Waals surface area contributed by atoms with Gasteiger partial charge in [0.1, 0.15) is 11.6 Å². The number of imidazole rings is 1. The SMILES string of the molecule is CCSc1ccc2nc(C3(c4ccc(F)c(C(F)(F)F)c4)CC3)[nH]c2c1. The van der Waals surface area contributed by atoms with Gasteiger partial charge in [0, 0.05) is 4.90 Å². The molecule has 3 aromatic rings. The summed E-state index contributed by atoms with van der Waals surface area (Å²) in [5.41, 5.74) is 0.283. The van der Waals surface area contributed by atoms with E-state index in [9.17, 15) is 17.6 Å². The highest BCUT2D eigenvalue weighted by Gasteiger charge is 2.49. The van der Waals surface area contributed by atoms with Gasteiger partial charge >= 0.3 is 6.18 Å². The Morgan fingerprint density at radius 2 is 1.92 bits per heavy atom. The highest BCUT2D eigenvalue weighted by Crippen LogP contribution is 2.53. The molecule has 1 N–H and O–H groups in total. The van der Waals surface area contributed by atoms with Gasteiger partial charge in [0.05, 0.1) is 22.0 Å². The van der Waals surface area contributed by atoms with Crippen molar-refractivity contribution in [3.63, 3.8) is 0 Å². The van der Waals surface area contributed by atoms with E-state index < -0.39 is 23.0 Å². The van der Waals surface area contributed by atoms with Crippen LogP contribution in [0.5, 0.6) is 0 Å². The molecule has 0 bridgehead atoms. The van der Waals surface area contributed by atoms with Crippen LogP contribution in [-0.4, -0.2) is 15.7 Å². The predicted molar refractivity (Wildman–Crippen MR) is 93.9 cm³/mol. The summed E-state index contributed by atoms with van der Waals surface area (Å²) < 4.78 is 52.8. The monoisotopic (exact) mass is 380 g/mol. The molecule has 0 amide bonds. The number of hydrogen-bond donors (Lipinski definition) is 1.